The number of aliphatic hydroxyl groups is 2. The molecular formula is C14H18F3NO3. The third-order valence-electron chi connectivity index (χ3n) is 3.33. The standard InChI is InChI=1S/C14H18F3NO3/c1-2-13(8-19,9-20)18-12(21)7-10-3-5-11(6-4-10)14(15,16)17/h3-6,19-20H,2,7-9H2,1H3,(H,18,21). The summed E-state index contributed by atoms with van der Waals surface area (Å²) in [5, 5.41) is 20.9. The molecular weight excluding hydrogens is 287 g/mol. The number of carbonyl (C=O) groups is 1. The van der Waals surface area contributed by atoms with Crippen LogP contribution < -0.4 is 5.32 Å². The van der Waals surface area contributed by atoms with Gasteiger partial charge in [-0.25, -0.2) is 0 Å². The van der Waals surface area contributed by atoms with Crippen LogP contribution in [0.4, 0.5) is 13.2 Å². The highest BCUT2D eigenvalue weighted by Crippen LogP contribution is 2.29. The van der Waals surface area contributed by atoms with Crippen LogP contribution in [0.3, 0.4) is 0 Å². The number of aliphatic hydroxyl groups excluding tert-OH is 2. The Kier molecular flexibility index (Phi) is 5.74. The molecule has 0 unspecified atom stereocenters. The molecule has 0 saturated heterocycles. The number of halogens is 3. The molecule has 0 fully saturated rings. The summed E-state index contributed by atoms with van der Waals surface area (Å²) in [5.74, 6) is -0.472. The topological polar surface area (TPSA) is 69.6 Å². The normalized spacial score (nSPS) is 12.3. The van der Waals surface area contributed by atoms with Crippen molar-refractivity contribution in [2.75, 3.05) is 13.2 Å². The van der Waals surface area contributed by atoms with E-state index < -0.39 is 36.4 Å². The Balaban J connectivity index is 2.71. The van der Waals surface area contributed by atoms with Crippen LogP contribution in [-0.4, -0.2) is 34.9 Å². The van der Waals surface area contributed by atoms with E-state index >= 15 is 0 Å². The summed E-state index contributed by atoms with van der Waals surface area (Å²) in [6.07, 6.45) is -4.20. The highest BCUT2D eigenvalue weighted by Gasteiger charge is 2.30. The van der Waals surface area contributed by atoms with Crippen LogP contribution in [0, 0.1) is 0 Å². The van der Waals surface area contributed by atoms with Gasteiger partial charge in [0.1, 0.15) is 0 Å². The number of alkyl halides is 3. The Bertz CT molecular complexity index is 459. The van der Waals surface area contributed by atoms with E-state index in [4.69, 9.17) is 0 Å². The number of amides is 1. The van der Waals surface area contributed by atoms with Crippen molar-refractivity contribution in [3.8, 4) is 0 Å². The fourth-order valence-corrected chi connectivity index (χ4v) is 1.78. The minimum Gasteiger partial charge on any atom is -0.394 e. The molecule has 7 heteroatoms. The molecule has 0 radical (unpaired) electrons. The molecule has 21 heavy (non-hydrogen) atoms. The highest BCUT2D eigenvalue weighted by atomic mass is 19.4. The number of carbonyl (C=O) groups excluding carboxylic acids is 1. The van der Waals surface area contributed by atoms with Crippen molar-refractivity contribution in [1.29, 1.82) is 0 Å². The summed E-state index contributed by atoms with van der Waals surface area (Å²) in [6, 6.07) is 4.28. The molecule has 0 aliphatic rings. The zero-order chi connectivity index (χ0) is 16.1. The number of nitrogens with one attached hydrogen (secondary N) is 1. The fraction of sp³-hybridized carbons (Fsp3) is 0.500. The monoisotopic (exact) mass is 305 g/mol. The van der Waals surface area contributed by atoms with Crippen molar-refractivity contribution in [2.45, 2.75) is 31.5 Å². The summed E-state index contributed by atoms with van der Waals surface area (Å²) < 4.78 is 37.2. The number of hydrogen-bond donors (Lipinski definition) is 3. The quantitative estimate of drug-likeness (QED) is 0.746. The molecule has 3 N–H and O–H groups in total. The lowest BCUT2D eigenvalue weighted by Crippen LogP contribution is -2.54. The van der Waals surface area contributed by atoms with Crippen molar-refractivity contribution >= 4 is 5.91 Å². The number of benzene rings is 1. The van der Waals surface area contributed by atoms with Crippen LogP contribution in [0.1, 0.15) is 24.5 Å². The molecule has 1 aromatic carbocycles. The van der Waals surface area contributed by atoms with Gasteiger partial charge in [0.05, 0.1) is 30.7 Å². The SMILES string of the molecule is CCC(CO)(CO)NC(=O)Cc1ccc(C(F)(F)F)cc1. The van der Waals surface area contributed by atoms with Crippen LogP contribution in [0.2, 0.25) is 0 Å². The van der Waals surface area contributed by atoms with Gasteiger partial charge in [-0.2, -0.15) is 13.2 Å². The molecule has 1 rings (SSSR count). The molecule has 118 valence electrons. The molecule has 0 aliphatic heterocycles. The number of rotatable bonds is 6. The van der Waals surface area contributed by atoms with Gasteiger partial charge < -0.3 is 15.5 Å². The minimum atomic E-state index is -4.41. The Morgan fingerprint density at radius 3 is 2.05 bits per heavy atom. The average molecular weight is 305 g/mol. The molecule has 0 atom stereocenters. The first-order valence-electron chi connectivity index (χ1n) is 6.45. The van der Waals surface area contributed by atoms with Crippen LogP contribution >= 0.6 is 0 Å². The predicted molar refractivity (Wildman–Crippen MR) is 70.5 cm³/mol. The summed E-state index contributed by atoms with van der Waals surface area (Å²) in [6.45, 7) is 0.863. The number of hydrogen-bond acceptors (Lipinski definition) is 3. The predicted octanol–water partition coefficient (Wildman–Crippen LogP) is 1.50. The molecule has 0 heterocycles. The molecule has 1 aromatic rings. The second-order valence-corrected chi connectivity index (χ2v) is 4.87. The van der Waals surface area contributed by atoms with E-state index in [9.17, 15) is 28.2 Å². The minimum absolute atomic E-state index is 0.125. The molecule has 0 aromatic heterocycles. The van der Waals surface area contributed by atoms with Crippen LogP contribution in [0.15, 0.2) is 24.3 Å². The van der Waals surface area contributed by atoms with Crippen molar-refractivity contribution < 1.29 is 28.2 Å². The first-order valence-corrected chi connectivity index (χ1v) is 6.45. The largest absolute Gasteiger partial charge is 0.416 e. The summed E-state index contributed by atoms with van der Waals surface area (Å²) in [5.41, 5.74) is -1.47. The van der Waals surface area contributed by atoms with E-state index in [2.05, 4.69) is 5.32 Å². The van der Waals surface area contributed by atoms with E-state index in [0.29, 0.717) is 12.0 Å². The molecule has 0 bridgehead atoms. The summed E-state index contributed by atoms with van der Waals surface area (Å²) in [7, 11) is 0. The molecule has 1 amide bonds. The first kappa shape index (κ1) is 17.5. The summed E-state index contributed by atoms with van der Waals surface area (Å²) in [4.78, 5) is 11.8. The van der Waals surface area contributed by atoms with Crippen LogP contribution in [-0.2, 0) is 17.4 Å². The third kappa shape index (κ3) is 4.71. The van der Waals surface area contributed by atoms with Gasteiger partial charge in [-0.3, -0.25) is 4.79 Å². The van der Waals surface area contributed by atoms with Gasteiger partial charge in [0.2, 0.25) is 5.91 Å². The van der Waals surface area contributed by atoms with Gasteiger partial charge in [-0.15, -0.1) is 0 Å². The average Bonchev–Trinajstić information content (AvgIpc) is 2.44. The van der Waals surface area contributed by atoms with Gasteiger partial charge in [-0.1, -0.05) is 19.1 Å². The van der Waals surface area contributed by atoms with Crippen molar-refractivity contribution in [1.82, 2.24) is 5.32 Å². The van der Waals surface area contributed by atoms with Crippen LogP contribution in [0.5, 0.6) is 0 Å². The smallest absolute Gasteiger partial charge is 0.394 e. The highest BCUT2D eigenvalue weighted by molar-refractivity contribution is 5.79. The van der Waals surface area contributed by atoms with Crippen molar-refractivity contribution in [2.24, 2.45) is 0 Å². The second-order valence-electron chi connectivity index (χ2n) is 4.87. The zero-order valence-electron chi connectivity index (χ0n) is 11.6. The maximum Gasteiger partial charge on any atom is 0.416 e. The van der Waals surface area contributed by atoms with E-state index in [0.717, 1.165) is 12.1 Å². The maximum atomic E-state index is 12.4. The van der Waals surface area contributed by atoms with Crippen molar-refractivity contribution in [3.05, 3.63) is 35.4 Å². The zero-order valence-corrected chi connectivity index (χ0v) is 11.6. The van der Waals surface area contributed by atoms with E-state index in [1.807, 2.05) is 0 Å². The van der Waals surface area contributed by atoms with Gasteiger partial charge >= 0.3 is 6.18 Å². The Hall–Kier alpha value is -1.60. The van der Waals surface area contributed by atoms with E-state index in [1.54, 1.807) is 6.92 Å². The van der Waals surface area contributed by atoms with E-state index in [-0.39, 0.29) is 6.42 Å². The molecule has 0 saturated carbocycles. The van der Waals surface area contributed by atoms with Gasteiger partial charge in [-0.05, 0) is 24.1 Å². The Morgan fingerprint density at radius 1 is 1.14 bits per heavy atom. The molecule has 4 nitrogen and oxygen atoms in total. The van der Waals surface area contributed by atoms with E-state index in [1.165, 1.54) is 12.1 Å². The van der Waals surface area contributed by atoms with Gasteiger partial charge in [0.15, 0.2) is 0 Å². The van der Waals surface area contributed by atoms with Crippen LogP contribution in [0.25, 0.3) is 0 Å². The van der Waals surface area contributed by atoms with Gasteiger partial charge in [0, 0.05) is 0 Å². The summed E-state index contributed by atoms with van der Waals surface area (Å²) >= 11 is 0. The van der Waals surface area contributed by atoms with Gasteiger partial charge in [0.25, 0.3) is 0 Å². The maximum absolute atomic E-state index is 12.4. The fourth-order valence-electron chi connectivity index (χ4n) is 1.78. The molecule has 0 spiro atoms. The Morgan fingerprint density at radius 2 is 1.67 bits per heavy atom. The second kappa shape index (κ2) is 6.91. The Labute approximate surface area is 120 Å². The third-order valence-corrected chi connectivity index (χ3v) is 3.33. The first-order chi connectivity index (χ1) is 9.76. The lowest BCUT2D eigenvalue weighted by molar-refractivity contribution is -0.137. The lowest BCUT2D eigenvalue weighted by Gasteiger charge is -2.29. The molecule has 0 aliphatic carbocycles. The lowest BCUT2D eigenvalue weighted by atomic mass is 9.97. The van der Waals surface area contributed by atoms with Crippen molar-refractivity contribution in [3.63, 3.8) is 0 Å².